The normalized spacial score (nSPS) is 10.6. The van der Waals surface area contributed by atoms with Gasteiger partial charge in [0, 0.05) is 14.8 Å². The van der Waals surface area contributed by atoms with Gasteiger partial charge in [0.15, 0.2) is 0 Å². The van der Waals surface area contributed by atoms with Crippen molar-refractivity contribution in [3.05, 3.63) is 58.6 Å². The van der Waals surface area contributed by atoms with Gasteiger partial charge in [-0.2, -0.15) is 0 Å². The highest BCUT2D eigenvalue weighted by molar-refractivity contribution is 7.99. The molecule has 2 rings (SSSR count). The molecule has 18 heavy (non-hydrogen) atoms. The highest BCUT2D eigenvalue weighted by Gasteiger charge is 2.02. The fraction of sp³-hybridized carbons (Fsp3) is 0.250. The van der Waals surface area contributed by atoms with Crippen LogP contribution in [0.25, 0.3) is 0 Å². The summed E-state index contributed by atoms with van der Waals surface area (Å²) in [7, 11) is 0. The molecule has 0 N–H and O–H groups in total. The first kappa shape index (κ1) is 13.5. The second-order valence-corrected chi connectivity index (χ2v) is 5.76. The number of rotatable bonds is 4. The third-order valence-electron chi connectivity index (χ3n) is 2.97. The van der Waals surface area contributed by atoms with E-state index >= 15 is 0 Å². The summed E-state index contributed by atoms with van der Waals surface area (Å²) in [5.74, 6) is 0. The summed E-state index contributed by atoms with van der Waals surface area (Å²) in [5, 5.41) is 0.864. The van der Waals surface area contributed by atoms with Crippen molar-refractivity contribution in [1.29, 1.82) is 0 Å². The molecule has 0 radical (unpaired) electrons. The number of benzene rings is 2. The quantitative estimate of drug-likeness (QED) is 0.699. The summed E-state index contributed by atoms with van der Waals surface area (Å²) in [6.45, 7) is 4.31. The molecule has 94 valence electrons. The summed E-state index contributed by atoms with van der Waals surface area (Å²) in [5.41, 5.74) is 2.59. The van der Waals surface area contributed by atoms with Gasteiger partial charge in [-0.1, -0.05) is 49.3 Å². The molecular formula is C16H17ClS. The van der Waals surface area contributed by atoms with Gasteiger partial charge in [0.25, 0.3) is 0 Å². The van der Waals surface area contributed by atoms with Crippen LogP contribution in [0.15, 0.2) is 52.3 Å². The molecule has 0 heterocycles. The Balaban J connectivity index is 2.17. The average molecular weight is 277 g/mol. The highest BCUT2D eigenvalue weighted by Crippen LogP contribution is 2.30. The fourth-order valence-electron chi connectivity index (χ4n) is 1.81. The van der Waals surface area contributed by atoms with Crippen molar-refractivity contribution < 1.29 is 0 Å². The lowest BCUT2D eigenvalue weighted by atomic mass is 10.2. The Hall–Kier alpha value is -0.920. The molecule has 0 unspecified atom stereocenters. The maximum Gasteiger partial charge on any atom is 0.0438 e. The zero-order valence-electron chi connectivity index (χ0n) is 10.7. The zero-order valence-corrected chi connectivity index (χ0v) is 12.3. The van der Waals surface area contributed by atoms with E-state index in [2.05, 4.69) is 50.2 Å². The third-order valence-corrected chi connectivity index (χ3v) is 4.33. The Labute approximate surface area is 118 Å². The van der Waals surface area contributed by atoms with Gasteiger partial charge in [-0.05, 0) is 54.3 Å². The molecule has 0 aliphatic rings. The topological polar surface area (TPSA) is 0 Å². The second-order valence-electron chi connectivity index (χ2n) is 4.21. The molecule has 0 aliphatic carbocycles. The molecule has 0 saturated heterocycles. The van der Waals surface area contributed by atoms with Crippen LogP contribution in [-0.4, -0.2) is 0 Å². The molecule has 0 atom stereocenters. The molecule has 0 nitrogen and oxygen atoms in total. The standard InChI is InChI=1S/C16H17ClS/c1-3-12-5-7-14(8-6-12)18-15-9-10-16(17)13(4-2)11-15/h5-11H,3-4H2,1-2H3. The lowest BCUT2D eigenvalue weighted by molar-refractivity contribution is 1.12. The average Bonchev–Trinajstić information content (AvgIpc) is 2.42. The minimum atomic E-state index is 0.864. The van der Waals surface area contributed by atoms with Crippen LogP contribution in [0.3, 0.4) is 0 Å². The Bertz CT molecular complexity index is 517. The largest absolute Gasteiger partial charge is 0.0901 e. The first-order valence-electron chi connectivity index (χ1n) is 6.28. The number of halogens is 1. The first-order chi connectivity index (χ1) is 8.72. The lowest BCUT2D eigenvalue weighted by Crippen LogP contribution is -1.84. The van der Waals surface area contributed by atoms with E-state index in [4.69, 9.17) is 11.6 Å². The molecule has 2 aromatic carbocycles. The van der Waals surface area contributed by atoms with Crippen LogP contribution in [0.2, 0.25) is 5.02 Å². The minimum Gasteiger partial charge on any atom is -0.0901 e. The Kier molecular flexibility index (Phi) is 4.73. The molecule has 0 aromatic heterocycles. The van der Waals surface area contributed by atoms with E-state index in [1.165, 1.54) is 20.9 Å². The molecule has 0 bridgehead atoms. The summed E-state index contributed by atoms with van der Waals surface area (Å²) in [6.07, 6.45) is 2.06. The molecular weight excluding hydrogens is 260 g/mol. The Morgan fingerprint density at radius 2 is 1.56 bits per heavy atom. The summed E-state index contributed by atoms with van der Waals surface area (Å²) < 4.78 is 0. The van der Waals surface area contributed by atoms with Gasteiger partial charge >= 0.3 is 0 Å². The lowest BCUT2D eigenvalue weighted by Gasteiger charge is -2.06. The predicted molar refractivity (Wildman–Crippen MR) is 80.8 cm³/mol. The Morgan fingerprint density at radius 1 is 0.889 bits per heavy atom. The molecule has 0 amide bonds. The van der Waals surface area contributed by atoms with Gasteiger partial charge < -0.3 is 0 Å². The smallest absolute Gasteiger partial charge is 0.0438 e. The molecule has 0 saturated carbocycles. The van der Waals surface area contributed by atoms with E-state index in [0.717, 1.165) is 17.9 Å². The first-order valence-corrected chi connectivity index (χ1v) is 7.47. The third kappa shape index (κ3) is 3.30. The highest BCUT2D eigenvalue weighted by atomic mass is 35.5. The summed E-state index contributed by atoms with van der Waals surface area (Å²) in [4.78, 5) is 2.53. The molecule has 0 fully saturated rings. The van der Waals surface area contributed by atoms with E-state index in [9.17, 15) is 0 Å². The molecule has 2 heteroatoms. The van der Waals surface area contributed by atoms with Crippen LogP contribution in [0.5, 0.6) is 0 Å². The monoisotopic (exact) mass is 276 g/mol. The summed E-state index contributed by atoms with van der Waals surface area (Å²) >= 11 is 7.92. The van der Waals surface area contributed by atoms with E-state index in [0.29, 0.717) is 0 Å². The van der Waals surface area contributed by atoms with E-state index < -0.39 is 0 Å². The van der Waals surface area contributed by atoms with Crippen molar-refractivity contribution in [1.82, 2.24) is 0 Å². The molecule has 0 aliphatic heterocycles. The molecule has 2 aromatic rings. The van der Waals surface area contributed by atoms with Crippen LogP contribution in [0.4, 0.5) is 0 Å². The van der Waals surface area contributed by atoms with Gasteiger partial charge in [0.1, 0.15) is 0 Å². The van der Waals surface area contributed by atoms with Crippen molar-refractivity contribution >= 4 is 23.4 Å². The van der Waals surface area contributed by atoms with E-state index in [1.807, 2.05) is 6.07 Å². The van der Waals surface area contributed by atoms with Gasteiger partial charge in [-0.15, -0.1) is 0 Å². The van der Waals surface area contributed by atoms with Crippen LogP contribution >= 0.6 is 23.4 Å². The maximum atomic E-state index is 6.13. The van der Waals surface area contributed by atoms with Gasteiger partial charge in [-0.3, -0.25) is 0 Å². The molecule has 0 spiro atoms. The van der Waals surface area contributed by atoms with Crippen LogP contribution < -0.4 is 0 Å². The summed E-state index contributed by atoms with van der Waals surface area (Å²) in [6, 6.07) is 15.0. The van der Waals surface area contributed by atoms with Crippen LogP contribution in [0.1, 0.15) is 25.0 Å². The maximum absolute atomic E-state index is 6.13. The Morgan fingerprint density at radius 3 is 2.17 bits per heavy atom. The van der Waals surface area contributed by atoms with Crippen LogP contribution in [0, 0.1) is 0 Å². The van der Waals surface area contributed by atoms with E-state index in [-0.39, 0.29) is 0 Å². The number of hydrogen-bond donors (Lipinski definition) is 0. The van der Waals surface area contributed by atoms with Gasteiger partial charge in [0.2, 0.25) is 0 Å². The van der Waals surface area contributed by atoms with Crippen molar-refractivity contribution in [3.8, 4) is 0 Å². The number of aryl methyl sites for hydroxylation is 2. The van der Waals surface area contributed by atoms with Crippen molar-refractivity contribution in [3.63, 3.8) is 0 Å². The number of hydrogen-bond acceptors (Lipinski definition) is 1. The van der Waals surface area contributed by atoms with Crippen molar-refractivity contribution in [2.45, 2.75) is 36.5 Å². The van der Waals surface area contributed by atoms with Gasteiger partial charge in [0.05, 0.1) is 0 Å². The second kappa shape index (κ2) is 6.31. The van der Waals surface area contributed by atoms with Crippen molar-refractivity contribution in [2.75, 3.05) is 0 Å². The van der Waals surface area contributed by atoms with Gasteiger partial charge in [-0.25, -0.2) is 0 Å². The predicted octanol–water partition coefficient (Wildman–Crippen LogP) is 5.62. The van der Waals surface area contributed by atoms with Crippen molar-refractivity contribution in [2.24, 2.45) is 0 Å². The zero-order chi connectivity index (χ0) is 13.0. The van der Waals surface area contributed by atoms with E-state index in [1.54, 1.807) is 11.8 Å². The minimum absolute atomic E-state index is 0.864. The fourth-order valence-corrected chi connectivity index (χ4v) is 2.95. The SMILES string of the molecule is CCc1ccc(Sc2ccc(Cl)c(CC)c2)cc1. The van der Waals surface area contributed by atoms with Crippen LogP contribution in [-0.2, 0) is 12.8 Å².